The minimum atomic E-state index is -0.407. The summed E-state index contributed by atoms with van der Waals surface area (Å²) in [6.45, 7) is 1.98. The van der Waals surface area contributed by atoms with E-state index < -0.39 is 5.82 Å². The second kappa shape index (κ2) is 6.25. The Balaban J connectivity index is 2.19. The number of halogens is 2. The molecule has 2 nitrogen and oxygen atoms in total. The van der Waals surface area contributed by atoms with Gasteiger partial charge in [-0.05, 0) is 48.2 Å². The number of hydrogen-bond acceptors (Lipinski definition) is 2. The van der Waals surface area contributed by atoms with Crippen LogP contribution in [0.1, 0.15) is 22.7 Å². The summed E-state index contributed by atoms with van der Waals surface area (Å²) in [7, 11) is 1.43. The molecule has 0 aromatic heterocycles. The quantitative estimate of drug-likeness (QED) is 0.923. The predicted molar refractivity (Wildman–Crippen MR) is 79.8 cm³/mol. The molecule has 2 rings (SSSR count). The zero-order valence-corrected chi connectivity index (χ0v) is 12.2. The average Bonchev–Trinajstić information content (AvgIpc) is 2.41. The molecule has 2 N–H and O–H groups in total. The molecule has 20 heavy (non-hydrogen) atoms. The van der Waals surface area contributed by atoms with Gasteiger partial charge in [0.2, 0.25) is 0 Å². The molecule has 0 aliphatic rings. The molecule has 0 aliphatic carbocycles. The molecule has 2 aromatic carbocycles. The first-order valence-corrected chi connectivity index (χ1v) is 6.73. The van der Waals surface area contributed by atoms with Crippen LogP contribution in [0.4, 0.5) is 4.39 Å². The van der Waals surface area contributed by atoms with E-state index in [1.807, 2.05) is 25.1 Å². The van der Waals surface area contributed by atoms with Crippen LogP contribution >= 0.6 is 11.6 Å². The molecule has 0 bridgehead atoms. The fourth-order valence-corrected chi connectivity index (χ4v) is 2.40. The number of rotatable bonds is 4. The maximum Gasteiger partial charge on any atom is 0.165 e. The first-order chi connectivity index (χ1) is 9.51. The molecule has 0 amide bonds. The zero-order chi connectivity index (χ0) is 14.7. The van der Waals surface area contributed by atoms with Gasteiger partial charge in [-0.3, -0.25) is 0 Å². The van der Waals surface area contributed by atoms with Gasteiger partial charge in [-0.15, -0.1) is 0 Å². The second-order valence-corrected chi connectivity index (χ2v) is 5.21. The highest BCUT2D eigenvalue weighted by atomic mass is 35.5. The van der Waals surface area contributed by atoms with E-state index in [4.69, 9.17) is 22.1 Å². The second-order valence-electron chi connectivity index (χ2n) is 4.80. The smallest absolute Gasteiger partial charge is 0.165 e. The van der Waals surface area contributed by atoms with Crippen molar-refractivity contribution in [3.8, 4) is 5.75 Å². The third kappa shape index (κ3) is 3.30. The summed E-state index contributed by atoms with van der Waals surface area (Å²) < 4.78 is 18.6. The lowest BCUT2D eigenvalue weighted by molar-refractivity contribution is 0.386. The lowest BCUT2D eigenvalue weighted by atomic mass is 9.98. The number of ether oxygens (including phenoxy) is 1. The minimum Gasteiger partial charge on any atom is -0.494 e. The van der Waals surface area contributed by atoms with E-state index in [1.165, 1.54) is 13.2 Å². The van der Waals surface area contributed by atoms with Crippen LogP contribution in [-0.4, -0.2) is 7.11 Å². The minimum absolute atomic E-state index is 0.217. The van der Waals surface area contributed by atoms with Gasteiger partial charge < -0.3 is 10.5 Å². The Kier molecular flexibility index (Phi) is 4.63. The van der Waals surface area contributed by atoms with E-state index in [2.05, 4.69) is 0 Å². The first kappa shape index (κ1) is 14.8. The summed E-state index contributed by atoms with van der Waals surface area (Å²) in [4.78, 5) is 0. The van der Waals surface area contributed by atoms with E-state index in [1.54, 1.807) is 12.1 Å². The van der Waals surface area contributed by atoms with Gasteiger partial charge in [0.05, 0.1) is 7.11 Å². The van der Waals surface area contributed by atoms with Crippen molar-refractivity contribution in [1.82, 2.24) is 0 Å². The molecule has 0 radical (unpaired) electrons. The monoisotopic (exact) mass is 293 g/mol. The Morgan fingerprint density at radius 1 is 1.25 bits per heavy atom. The van der Waals surface area contributed by atoms with Crippen molar-refractivity contribution >= 4 is 11.6 Å². The van der Waals surface area contributed by atoms with Crippen LogP contribution in [-0.2, 0) is 6.42 Å². The molecule has 4 heteroatoms. The molecule has 0 fully saturated rings. The topological polar surface area (TPSA) is 35.2 Å². The number of benzene rings is 2. The Hall–Kier alpha value is -1.58. The molecule has 0 spiro atoms. The predicted octanol–water partition coefficient (Wildman–Crippen LogP) is 4.04. The normalized spacial score (nSPS) is 12.2. The van der Waals surface area contributed by atoms with E-state index in [0.717, 1.165) is 16.7 Å². The van der Waals surface area contributed by atoms with Gasteiger partial charge in [-0.1, -0.05) is 29.8 Å². The molecular formula is C16H17ClFNO. The highest BCUT2D eigenvalue weighted by molar-refractivity contribution is 6.31. The third-order valence-corrected chi connectivity index (χ3v) is 3.60. The summed E-state index contributed by atoms with van der Waals surface area (Å²) in [5, 5.41) is 0.689. The SMILES string of the molecule is COc1ccc(C(N)Cc2ccc(C)cc2Cl)cc1F. The summed E-state index contributed by atoms with van der Waals surface area (Å²) in [6.07, 6.45) is 0.560. The van der Waals surface area contributed by atoms with Gasteiger partial charge in [-0.2, -0.15) is 0 Å². The largest absolute Gasteiger partial charge is 0.494 e. The molecule has 0 saturated carbocycles. The number of hydrogen-bond donors (Lipinski definition) is 1. The van der Waals surface area contributed by atoms with Gasteiger partial charge >= 0.3 is 0 Å². The Morgan fingerprint density at radius 3 is 2.60 bits per heavy atom. The van der Waals surface area contributed by atoms with Crippen LogP contribution in [0, 0.1) is 12.7 Å². The fraction of sp³-hybridized carbons (Fsp3) is 0.250. The van der Waals surface area contributed by atoms with Gasteiger partial charge in [0.15, 0.2) is 11.6 Å². The Bertz CT molecular complexity index is 615. The van der Waals surface area contributed by atoms with Crippen molar-refractivity contribution in [2.24, 2.45) is 5.73 Å². The van der Waals surface area contributed by atoms with Crippen LogP contribution in [0.3, 0.4) is 0 Å². The maximum absolute atomic E-state index is 13.7. The van der Waals surface area contributed by atoms with Crippen molar-refractivity contribution in [3.05, 3.63) is 63.9 Å². The van der Waals surface area contributed by atoms with E-state index in [0.29, 0.717) is 11.4 Å². The van der Waals surface area contributed by atoms with Crippen molar-refractivity contribution in [3.63, 3.8) is 0 Å². The van der Waals surface area contributed by atoms with Crippen molar-refractivity contribution in [1.29, 1.82) is 0 Å². The molecule has 1 atom stereocenters. The fourth-order valence-electron chi connectivity index (χ4n) is 2.09. The molecule has 0 heterocycles. The Morgan fingerprint density at radius 2 is 2.00 bits per heavy atom. The van der Waals surface area contributed by atoms with Crippen LogP contribution < -0.4 is 10.5 Å². The molecule has 1 unspecified atom stereocenters. The third-order valence-electron chi connectivity index (χ3n) is 3.25. The highest BCUT2D eigenvalue weighted by Gasteiger charge is 2.12. The maximum atomic E-state index is 13.7. The van der Waals surface area contributed by atoms with Gasteiger partial charge in [0.1, 0.15) is 0 Å². The van der Waals surface area contributed by atoms with Gasteiger partial charge in [0.25, 0.3) is 0 Å². The molecular weight excluding hydrogens is 277 g/mol. The first-order valence-electron chi connectivity index (χ1n) is 6.35. The van der Waals surface area contributed by atoms with Crippen LogP contribution in [0.15, 0.2) is 36.4 Å². The molecule has 0 saturated heterocycles. The standard InChI is InChI=1S/C16H17ClFNO/c1-10-3-4-11(13(17)7-10)9-15(19)12-5-6-16(20-2)14(18)8-12/h3-8,15H,9,19H2,1-2H3. The Labute approximate surface area is 123 Å². The zero-order valence-electron chi connectivity index (χ0n) is 11.5. The lowest BCUT2D eigenvalue weighted by Crippen LogP contribution is -2.14. The van der Waals surface area contributed by atoms with Crippen LogP contribution in [0.25, 0.3) is 0 Å². The summed E-state index contributed by atoms with van der Waals surface area (Å²) in [6, 6.07) is 10.3. The molecule has 2 aromatic rings. The van der Waals surface area contributed by atoms with E-state index in [-0.39, 0.29) is 11.8 Å². The number of methoxy groups -OCH3 is 1. The lowest BCUT2D eigenvalue weighted by Gasteiger charge is -2.14. The number of nitrogens with two attached hydrogens (primary N) is 1. The van der Waals surface area contributed by atoms with Crippen LogP contribution in [0.2, 0.25) is 5.02 Å². The van der Waals surface area contributed by atoms with Crippen LogP contribution in [0.5, 0.6) is 5.75 Å². The van der Waals surface area contributed by atoms with Crippen molar-refractivity contribution < 1.29 is 9.13 Å². The summed E-state index contributed by atoms with van der Waals surface area (Å²) in [5.74, 6) is -0.190. The van der Waals surface area contributed by atoms with Crippen molar-refractivity contribution in [2.45, 2.75) is 19.4 Å². The van der Waals surface area contributed by atoms with Crippen molar-refractivity contribution in [2.75, 3.05) is 7.11 Å². The van der Waals surface area contributed by atoms with E-state index >= 15 is 0 Å². The average molecular weight is 294 g/mol. The molecule has 0 aliphatic heterocycles. The molecule has 106 valence electrons. The summed E-state index contributed by atoms with van der Waals surface area (Å²) in [5.41, 5.74) is 8.91. The van der Waals surface area contributed by atoms with Gasteiger partial charge in [-0.25, -0.2) is 4.39 Å². The van der Waals surface area contributed by atoms with Gasteiger partial charge in [0, 0.05) is 11.1 Å². The number of aryl methyl sites for hydroxylation is 1. The highest BCUT2D eigenvalue weighted by Crippen LogP contribution is 2.26. The summed E-state index contributed by atoms with van der Waals surface area (Å²) >= 11 is 6.19. The van der Waals surface area contributed by atoms with E-state index in [9.17, 15) is 4.39 Å².